The molecular weight excluding hydrogens is 262 g/mol. The molecule has 0 aliphatic carbocycles. The molecule has 0 fully saturated rings. The van der Waals surface area contributed by atoms with Gasteiger partial charge in [-0.05, 0) is 20.8 Å². The minimum atomic E-state index is -0.628. The normalized spacial score (nSPS) is 20.6. The molecule has 7 nitrogen and oxygen atoms in total. The Balaban J connectivity index is 2.38. The lowest BCUT2D eigenvalue weighted by molar-refractivity contribution is -0.384. The molecule has 7 heteroatoms. The largest absolute Gasteiger partial charge is 0.549 e. The average molecular weight is 278 g/mol. The topological polar surface area (TPSA) is 81.8 Å². The van der Waals surface area contributed by atoms with Crippen LogP contribution in [0, 0.1) is 10.1 Å². The van der Waals surface area contributed by atoms with Crippen molar-refractivity contribution in [2.45, 2.75) is 26.4 Å². The summed E-state index contributed by atoms with van der Waals surface area (Å²) in [5.74, 6) is 0. The molecule has 0 saturated heterocycles. The molecule has 1 aromatic rings. The number of nitro groups is 1. The number of fused-ring (bicyclic) bond motifs is 1. The minimum Gasteiger partial charge on any atom is -0.412 e. The smallest absolute Gasteiger partial charge is 0.412 e. The first-order valence-electron chi connectivity index (χ1n) is 6.08. The maximum atomic E-state index is 12.3. The first kappa shape index (κ1) is 14.1. The zero-order valence-corrected chi connectivity index (χ0v) is 11.8. The van der Waals surface area contributed by atoms with Gasteiger partial charge in [-0.15, -0.1) is 0 Å². The van der Waals surface area contributed by atoms with Crippen LogP contribution in [0.2, 0.25) is 0 Å². The van der Waals surface area contributed by atoms with E-state index in [1.807, 2.05) is 0 Å². The Morgan fingerprint density at radius 2 is 2.05 bits per heavy atom. The molecule has 0 spiro atoms. The highest BCUT2D eigenvalue weighted by Gasteiger charge is 2.44. The number of carbonyl (C=O) groups excluding carboxylic acids is 1. The number of nitro benzene ring substituents is 1. The Morgan fingerprint density at radius 1 is 1.40 bits per heavy atom. The molecule has 0 radical (unpaired) electrons. The predicted octanol–water partition coefficient (Wildman–Crippen LogP) is 2.81. The van der Waals surface area contributed by atoms with Gasteiger partial charge in [0.1, 0.15) is 12.6 Å². The molecule has 1 aromatic carbocycles. The third-order valence-electron chi connectivity index (χ3n) is 2.87. The van der Waals surface area contributed by atoms with Crippen LogP contribution in [0.3, 0.4) is 0 Å². The summed E-state index contributed by atoms with van der Waals surface area (Å²) in [7, 11) is 1.59. The lowest BCUT2D eigenvalue weighted by atomic mass is 10.1. The second-order valence-electron chi connectivity index (χ2n) is 5.68. The van der Waals surface area contributed by atoms with Gasteiger partial charge in [0, 0.05) is 18.2 Å². The molecule has 2 rings (SSSR count). The van der Waals surface area contributed by atoms with Gasteiger partial charge in [-0.25, -0.2) is 0 Å². The van der Waals surface area contributed by atoms with Crippen LogP contribution >= 0.6 is 0 Å². The quantitative estimate of drug-likeness (QED) is 0.449. The van der Waals surface area contributed by atoms with Gasteiger partial charge in [-0.1, -0.05) is 9.69 Å². The minimum absolute atomic E-state index is 0.0344. The van der Waals surface area contributed by atoms with Crippen molar-refractivity contribution in [1.82, 2.24) is 4.59 Å². The highest BCUT2D eigenvalue weighted by atomic mass is 16.6. The number of amides is 1. The summed E-state index contributed by atoms with van der Waals surface area (Å²) >= 11 is 0. The lowest BCUT2D eigenvalue weighted by Crippen LogP contribution is -2.47. The van der Waals surface area contributed by atoms with Gasteiger partial charge in [0.15, 0.2) is 5.69 Å². The van der Waals surface area contributed by atoms with Gasteiger partial charge in [0.2, 0.25) is 0 Å². The van der Waals surface area contributed by atoms with Gasteiger partial charge in [0.05, 0.1) is 16.7 Å². The van der Waals surface area contributed by atoms with Crippen LogP contribution in [-0.2, 0) is 4.74 Å². The third-order valence-corrected chi connectivity index (χ3v) is 2.87. The van der Waals surface area contributed by atoms with Crippen molar-refractivity contribution in [3.05, 3.63) is 33.9 Å². The maximum Gasteiger partial charge on any atom is 0.549 e. The van der Waals surface area contributed by atoms with Crippen LogP contribution in [0.15, 0.2) is 23.3 Å². The Labute approximate surface area is 116 Å². The summed E-state index contributed by atoms with van der Waals surface area (Å²) in [6.07, 6.45) is 0.924. The average Bonchev–Trinajstić information content (AvgIpc) is 2.66. The molecule has 0 aromatic heterocycles. The number of non-ortho nitro benzene ring substituents is 1. The van der Waals surface area contributed by atoms with Crippen molar-refractivity contribution in [1.29, 1.82) is 0 Å². The number of ether oxygens (including phenoxy) is 1. The first-order chi connectivity index (χ1) is 9.13. The van der Waals surface area contributed by atoms with Crippen LogP contribution < -0.4 is 4.59 Å². The molecule has 1 heterocycles. The van der Waals surface area contributed by atoms with Gasteiger partial charge < -0.3 is 4.74 Å². The molecule has 0 unspecified atom stereocenters. The van der Waals surface area contributed by atoms with Crippen LogP contribution in [0.4, 0.5) is 16.2 Å². The van der Waals surface area contributed by atoms with E-state index in [2.05, 4.69) is 5.10 Å². The lowest BCUT2D eigenvalue weighted by Gasteiger charge is -2.25. The molecule has 20 heavy (non-hydrogen) atoms. The van der Waals surface area contributed by atoms with E-state index in [0.29, 0.717) is 11.3 Å². The summed E-state index contributed by atoms with van der Waals surface area (Å²) < 4.78 is 4.95. The molecule has 106 valence electrons. The number of rotatable bonds is 1. The fourth-order valence-corrected chi connectivity index (χ4v) is 1.89. The second kappa shape index (κ2) is 4.38. The fourth-order valence-electron chi connectivity index (χ4n) is 1.89. The monoisotopic (exact) mass is 278 g/mol. The molecule has 1 amide bonds. The molecule has 1 atom stereocenters. The predicted molar refractivity (Wildman–Crippen MR) is 74.6 cm³/mol. The van der Waals surface area contributed by atoms with Gasteiger partial charge >= 0.3 is 6.09 Å². The molecular formula is C13H16N3O4+. The van der Waals surface area contributed by atoms with Crippen LogP contribution in [0.1, 0.15) is 26.3 Å². The van der Waals surface area contributed by atoms with E-state index in [4.69, 9.17) is 4.74 Å². The highest BCUT2D eigenvalue weighted by molar-refractivity contribution is 5.99. The van der Waals surface area contributed by atoms with Crippen molar-refractivity contribution < 1.29 is 14.5 Å². The van der Waals surface area contributed by atoms with Crippen molar-refractivity contribution in [2.24, 2.45) is 5.10 Å². The van der Waals surface area contributed by atoms with E-state index in [0.717, 1.165) is 0 Å². The van der Waals surface area contributed by atoms with E-state index in [1.165, 1.54) is 24.4 Å². The van der Waals surface area contributed by atoms with Crippen LogP contribution in [-0.4, -0.2) is 29.9 Å². The SMILES string of the molecule is CC(C)(C)OC(=O)[N@@+]1(C)N=Cc2cc([N+](=O)[O-])ccc21. The Hall–Kier alpha value is -2.28. The van der Waals surface area contributed by atoms with Gasteiger partial charge in [-0.2, -0.15) is 4.79 Å². The summed E-state index contributed by atoms with van der Waals surface area (Å²) in [5.41, 5.74) is 0.447. The Kier molecular flexibility index (Phi) is 3.09. The Morgan fingerprint density at radius 3 is 2.60 bits per heavy atom. The van der Waals surface area contributed by atoms with E-state index in [-0.39, 0.29) is 5.69 Å². The van der Waals surface area contributed by atoms with E-state index in [1.54, 1.807) is 27.8 Å². The molecule has 0 bridgehead atoms. The van der Waals surface area contributed by atoms with E-state index < -0.39 is 21.2 Å². The summed E-state index contributed by atoms with van der Waals surface area (Å²) in [6, 6.07) is 4.28. The van der Waals surface area contributed by atoms with Gasteiger partial charge in [0.25, 0.3) is 5.69 Å². The number of quaternary nitrogens is 1. The van der Waals surface area contributed by atoms with Crippen LogP contribution in [0.25, 0.3) is 0 Å². The summed E-state index contributed by atoms with van der Waals surface area (Å²) in [5, 5.41) is 14.9. The highest BCUT2D eigenvalue weighted by Crippen LogP contribution is 2.34. The zero-order chi connectivity index (χ0) is 15.1. The first-order valence-corrected chi connectivity index (χ1v) is 6.08. The van der Waals surface area contributed by atoms with E-state index >= 15 is 0 Å². The van der Waals surface area contributed by atoms with Crippen molar-refractivity contribution >= 4 is 23.7 Å². The molecule has 1 aliphatic rings. The fraction of sp³-hybridized carbons (Fsp3) is 0.385. The second-order valence-corrected chi connectivity index (χ2v) is 5.68. The number of hydrogen-bond donors (Lipinski definition) is 0. The number of benzene rings is 1. The van der Waals surface area contributed by atoms with Crippen molar-refractivity contribution in [2.75, 3.05) is 7.05 Å². The summed E-state index contributed by atoms with van der Waals surface area (Å²) in [6.45, 7) is 5.31. The zero-order valence-electron chi connectivity index (χ0n) is 11.8. The molecule has 1 aliphatic heterocycles. The number of nitrogens with zero attached hydrogens (tertiary/aromatic N) is 3. The Bertz CT molecular complexity index is 619. The van der Waals surface area contributed by atoms with Crippen LogP contribution in [0.5, 0.6) is 0 Å². The maximum absolute atomic E-state index is 12.3. The third kappa shape index (κ3) is 2.39. The van der Waals surface area contributed by atoms with Crippen molar-refractivity contribution in [3.63, 3.8) is 0 Å². The van der Waals surface area contributed by atoms with Gasteiger partial charge in [-0.3, -0.25) is 10.1 Å². The summed E-state index contributed by atoms with van der Waals surface area (Å²) in [4.78, 5) is 22.5. The number of carbonyl (C=O) groups is 1. The molecule has 0 saturated carbocycles. The van der Waals surface area contributed by atoms with E-state index in [9.17, 15) is 14.9 Å². The standard InChI is InChI=1S/C13H16N3O4/c1-13(2,3)20-12(17)16(4)11-6-5-10(15(18)19)7-9(11)8-14-16/h5-8H,1-4H3/q+1/t16-/m0/s1. The van der Waals surface area contributed by atoms with Crippen molar-refractivity contribution in [3.8, 4) is 0 Å². The molecule has 0 N–H and O–H groups in total. The number of hydrogen-bond acceptors (Lipinski definition) is 5.